The van der Waals surface area contributed by atoms with Gasteiger partial charge in [0.25, 0.3) is 0 Å². The maximum absolute atomic E-state index is 12.3. The Morgan fingerprint density at radius 2 is 1.94 bits per heavy atom. The van der Waals surface area contributed by atoms with Crippen molar-refractivity contribution in [1.29, 1.82) is 0 Å². The van der Waals surface area contributed by atoms with Crippen LogP contribution in [0.25, 0.3) is 27.9 Å². The van der Waals surface area contributed by atoms with Crippen LogP contribution in [0.5, 0.6) is 0 Å². The molecule has 0 saturated carbocycles. The number of amides is 1. The monoisotopic (exact) mass is 419 g/mol. The SMILES string of the molecule is CC(=O)N1C[C@H](O)C[C@@H]1c1nc(-c2ccc(C(C)(C)O)cc2)c2cnc3[nH]ccc3n12. The summed E-state index contributed by atoms with van der Waals surface area (Å²) in [5, 5.41) is 20.6. The molecule has 1 amide bonds. The van der Waals surface area contributed by atoms with Crippen molar-refractivity contribution < 1.29 is 15.0 Å². The van der Waals surface area contributed by atoms with Gasteiger partial charge in [0.15, 0.2) is 5.65 Å². The summed E-state index contributed by atoms with van der Waals surface area (Å²) in [5.41, 5.74) is 3.93. The van der Waals surface area contributed by atoms with Crippen LogP contribution in [0.1, 0.15) is 44.6 Å². The number of likely N-dealkylation sites (tertiary alicyclic amines) is 1. The molecule has 1 fully saturated rings. The van der Waals surface area contributed by atoms with Crippen LogP contribution in [0.15, 0.2) is 42.7 Å². The predicted molar refractivity (Wildman–Crippen MR) is 116 cm³/mol. The molecule has 0 aliphatic carbocycles. The summed E-state index contributed by atoms with van der Waals surface area (Å²) in [6, 6.07) is 9.27. The zero-order chi connectivity index (χ0) is 21.9. The van der Waals surface area contributed by atoms with Crippen molar-refractivity contribution in [3.8, 4) is 11.3 Å². The lowest BCUT2D eigenvalue weighted by molar-refractivity contribution is -0.130. The fraction of sp³-hybridized carbons (Fsp3) is 0.348. The minimum Gasteiger partial charge on any atom is -0.391 e. The van der Waals surface area contributed by atoms with Crippen molar-refractivity contribution in [2.45, 2.75) is 44.9 Å². The molecule has 1 aliphatic heterocycles. The van der Waals surface area contributed by atoms with Gasteiger partial charge in [-0.15, -0.1) is 0 Å². The average molecular weight is 419 g/mol. The lowest BCUT2D eigenvalue weighted by Gasteiger charge is -2.22. The van der Waals surface area contributed by atoms with E-state index in [1.54, 1.807) is 24.9 Å². The molecule has 1 aliphatic rings. The minimum absolute atomic E-state index is 0.0891. The number of hydrogen-bond donors (Lipinski definition) is 3. The number of aromatic nitrogens is 4. The molecule has 160 valence electrons. The van der Waals surface area contributed by atoms with Gasteiger partial charge in [0.1, 0.15) is 5.82 Å². The number of carbonyl (C=O) groups excluding carboxylic acids is 1. The third-order valence-electron chi connectivity index (χ3n) is 6.05. The van der Waals surface area contributed by atoms with Crippen LogP contribution in [0.2, 0.25) is 0 Å². The Labute approximate surface area is 179 Å². The highest BCUT2D eigenvalue weighted by Gasteiger charge is 2.37. The number of β-amino-alcohol motifs (C(OH)–C–C–N with tert-alkyl or cyclic N) is 1. The highest BCUT2D eigenvalue weighted by Crippen LogP contribution is 2.37. The number of nitrogens with one attached hydrogen (secondary N) is 1. The van der Waals surface area contributed by atoms with E-state index in [-0.39, 0.29) is 11.9 Å². The van der Waals surface area contributed by atoms with Crippen LogP contribution in [-0.4, -0.2) is 53.0 Å². The van der Waals surface area contributed by atoms with E-state index in [4.69, 9.17) is 4.98 Å². The topological polar surface area (TPSA) is 107 Å². The molecule has 1 saturated heterocycles. The van der Waals surface area contributed by atoms with Gasteiger partial charge in [0.2, 0.25) is 5.91 Å². The summed E-state index contributed by atoms with van der Waals surface area (Å²) >= 11 is 0. The number of imidazole rings is 1. The normalized spacial score (nSPS) is 19.6. The molecule has 3 aromatic heterocycles. The summed E-state index contributed by atoms with van der Waals surface area (Å²) in [5.74, 6) is 0.615. The molecular formula is C23H25N5O3. The van der Waals surface area contributed by atoms with E-state index in [2.05, 4.69) is 9.97 Å². The van der Waals surface area contributed by atoms with Crippen molar-refractivity contribution in [1.82, 2.24) is 24.3 Å². The van der Waals surface area contributed by atoms with Crippen LogP contribution < -0.4 is 0 Å². The van der Waals surface area contributed by atoms with E-state index < -0.39 is 11.7 Å². The number of aliphatic hydroxyl groups excluding tert-OH is 1. The first kappa shape index (κ1) is 19.7. The molecule has 3 N–H and O–H groups in total. The quantitative estimate of drug-likeness (QED) is 0.473. The number of fused-ring (bicyclic) bond motifs is 3. The average Bonchev–Trinajstić information content (AvgIpc) is 3.42. The van der Waals surface area contributed by atoms with Gasteiger partial charge in [-0.2, -0.15) is 0 Å². The third-order valence-corrected chi connectivity index (χ3v) is 6.05. The second-order valence-electron chi connectivity index (χ2n) is 8.72. The largest absolute Gasteiger partial charge is 0.391 e. The molecule has 4 heterocycles. The van der Waals surface area contributed by atoms with E-state index in [0.29, 0.717) is 18.8 Å². The molecule has 8 heteroatoms. The van der Waals surface area contributed by atoms with E-state index in [1.165, 1.54) is 6.92 Å². The molecule has 0 bridgehead atoms. The molecule has 0 unspecified atom stereocenters. The molecule has 0 radical (unpaired) electrons. The third kappa shape index (κ3) is 3.19. The summed E-state index contributed by atoms with van der Waals surface area (Å²) in [4.78, 5) is 26.6. The van der Waals surface area contributed by atoms with E-state index in [9.17, 15) is 15.0 Å². The van der Waals surface area contributed by atoms with Crippen LogP contribution in [-0.2, 0) is 10.4 Å². The zero-order valence-corrected chi connectivity index (χ0v) is 17.7. The first-order chi connectivity index (χ1) is 14.7. The number of aromatic amines is 1. The van der Waals surface area contributed by atoms with Crippen molar-refractivity contribution in [3.05, 3.63) is 54.1 Å². The second-order valence-corrected chi connectivity index (χ2v) is 8.72. The summed E-state index contributed by atoms with van der Waals surface area (Å²) in [6.07, 6.45) is 3.45. The van der Waals surface area contributed by atoms with Crippen molar-refractivity contribution >= 4 is 22.6 Å². The molecule has 2 atom stereocenters. The molecule has 0 spiro atoms. The molecule has 4 aromatic rings. The van der Waals surface area contributed by atoms with Crippen LogP contribution in [0.4, 0.5) is 0 Å². The fourth-order valence-electron chi connectivity index (χ4n) is 4.46. The second kappa shape index (κ2) is 6.90. The Balaban J connectivity index is 1.73. The number of H-pyrrole nitrogens is 1. The number of aliphatic hydroxyl groups is 2. The maximum atomic E-state index is 12.3. The van der Waals surface area contributed by atoms with Crippen molar-refractivity contribution in [3.63, 3.8) is 0 Å². The Bertz CT molecular complexity index is 1280. The van der Waals surface area contributed by atoms with Gasteiger partial charge in [-0.1, -0.05) is 24.3 Å². The van der Waals surface area contributed by atoms with Gasteiger partial charge in [-0.05, 0) is 25.5 Å². The smallest absolute Gasteiger partial charge is 0.220 e. The van der Waals surface area contributed by atoms with Crippen LogP contribution in [0, 0.1) is 0 Å². The lowest BCUT2D eigenvalue weighted by Crippen LogP contribution is -2.30. The molecular weight excluding hydrogens is 394 g/mol. The maximum Gasteiger partial charge on any atom is 0.220 e. The number of benzene rings is 1. The van der Waals surface area contributed by atoms with Crippen molar-refractivity contribution in [2.75, 3.05) is 6.54 Å². The predicted octanol–water partition coefficient (Wildman–Crippen LogP) is 2.76. The summed E-state index contributed by atoms with van der Waals surface area (Å²) in [6.45, 7) is 5.32. The Morgan fingerprint density at radius 1 is 1.19 bits per heavy atom. The highest BCUT2D eigenvalue weighted by atomic mass is 16.3. The van der Waals surface area contributed by atoms with E-state index in [1.807, 2.05) is 40.9 Å². The number of rotatable bonds is 3. The van der Waals surface area contributed by atoms with Gasteiger partial charge in [-0.3, -0.25) is 9.20 Å². The number of hydrogen-bond acceptors (Lipinski definition) is 5. The standard InChI is InChI=1S/C23H25N5O3/c1-13(29)27-12-16(30)10-18(27)22-26-20(14-4-6-15(7-5-14)23(2,3)31)19-11-25-21-17(28(19)22)8-9-24-21/h4-9,11,16,18,24,30-31H,10,12H2,1-3H3/t16-,18-/m1/s1. The van der Waals surface area contributed by atoms with Gasteiger partial charge < -0.3 is 20.1 Å². The first-order valence-electron chi connectivity index (χ1n) is 10.4. The summed E-state index contributed by atoms with van der Waals surface area (Å²) < 4.78 is 2.02. The number of nitrogens with zero attached hydrogens (tertiary/aromatic N) is 4. The fourth-order valence-corrected chi connectivity index (χ4v) is 4.46. The summed E-state index contributed by atoms with van der Waals surface area (Å²) in [7, 11) is 0. The zero-order valence-electron chi connectivity index (χ0n) is 17.7. The van der Waals surface area contributed by atoms with Crippen LogP contribution in [0.3, 0.4) is 0 Å². The van der Waals surface area contributed by atoms with Crippen molar-refractivity contribution in [2.24, 2.45) is 0 Å². The number of carbonyl (C=O) groups is 1. The molecule has 8 nitrogen and oxygen atoms in total. The van der Waals surface area contributed by atoms with E-state index >= 15 is 0 Å². The molecule has 5 rings (SSSR count). The minimum atomic E-state index is -0.930. The lowest BCUT2D eigenvalue weighted by atomic mass is 9.97. The Kier molecular flexibility index (Phi) is 4.39. The van der Waals surface area contributed by atoms with Gasteiger partial charge in [0, 0.05) is 31.6 Å². The first-order valence-corrected chi connectivity index (χ1v) is 10.4. The molecule has 1 aromatic carbocycles. The Hall–Kier alpha value is -3.23. The Morgan fingerprint density at radius 3 is 2.61 bits per heavy atom. The van der Waals surface area contributed by atoms with Gasteiger partial charge >= 0.3 is 0 Å². The van der Waals surface area contributed by atoms with Crippen LogP contribution >= 0.6 is 0 Å². The van der Waals surface area contributed by atoms with E-state index in [0.717, 1.165) is 33.5 Å². The molecule has 31 heavy (non-hydrogen) atoms. The van der Waals surface area contributed by atoms with Gasteiger partial charge in [0.05, 0.1) is 40.7 Å². The highest BCUT2D eigenvalue weighted by molar-refractivity contribution is 5.84. The van der Waals surface area contributed by atoms with Gasteiger partial charge in [-0.25, -0.2) is 9.97 Å².